The number of carbonyl (C=O) groups excluding carboxylic acids is 1. The topological polar surface area (TPSA) is 78.6 Å². The number of hydrogen-bond acceptors (Lipinski definition) is 4. The molecule has 0 bridgehead atoms. The molecule has 0 saturated heterocycles. The zero-order valence-electron chi connectivity index (χ0n) is 14.3. The number of aryl methyl sites for hydroxylation is 1. The van der Waals surface area contributed by atoms with Crippen molar-refractivity contribution in [3.63, 3.8) is 0 Å². The van der Waals surface area contributed by atoms with Gasteiger partial charge in [0.2, 0.25) is 5.89 Å². The maximum atomic E-state index is 12.5. The van der Waals surface area contributed by atoms with E-state index >= 15 is 0 Å². The highest BCUT2D eigenvalue weighted by atomic mass is 16.3. The third-order valence-electron chi connectivity index (χ3n) is 3.85. The second kappa shape index (κ2) is 9.08. The summed E-state index contributed by atoms with van der Waals surface area (Å²) in [7, 11) is 0. The molecule has 0 atom stereocenters. The summed E-state index contributed by atoms with van der Waals surface area (Å²) in [5, 5.41) is 12.1. The van der Waals surface area contributed by atoms with Crippen LogP contribution in [0.15, 0.2) is 35.1 Å². The van der Waals surface area contributed by atoms with Crippen LogP contribution in [0.5, 0.6) is 0 Å². The predicted molar refractivity (Wildman–Crippen MR) is 93.9 cm³/mol. The van der Waals surface area contributed by atoms with E-state index < -0.39 is 0 Å². The van der Waals surface area contributed by atoms with E-state index in [9.17, 15) is 9.90 Å². The summed E-state index contributed by atoms with van der Waals surface area (Å²) in [4.78, 5) is 18.3. The van der Waals surface area contributed by atoms with Gasteiger partial charge < -0.3 is 19.7 Å². The van der Waals surface area contributed by atoms with E-state index in [4.69, 9.17) is 4.42 Å². The minimum atomic E-state index is -0.201. The van der Waals surface area contributed by atoms with Crippen LogP contribution in [0, 0.1) is 6.92 Å². The summed E-state index contributed by atoms with van der Waals surface area (Å²) >= 11 is 0. The Kier molecular flexibility index (Phi) is 6.81. The Morgan fingerprint density at radius 3 is 2.83 bits per heavy atom. The van der Waals surface area contributed by atoms with Gasteiger partial charge in [0.25, 0.3) is 0 Å². The van der Waals surface area contributed by atoms with Crippen molar-refractivity contribution < 1.29 is 14.3 Å². The van der Waals surface area contributed by atoms with Crippen LogP contribution in [0.25, 0.3) is 11.5 Å². The van der Waals surface area contributed by atoms with Gasteiger partial charge in [0, 0.05) is 24.3 Å². The molecule has 1 heterocycles. The number of unbranched alkanes of at least 4 members (excludes halogenated alkanes) is 2. The summed E-state index contributed by atoms with van der Waals surface area (Å²) in [5.41, 5.74) is 2.48. The molecule has 6 nitrogen and oxygen atoms in total. The molecule has 0 aliphatic rings. The highest BCUT2D eigenvalue weighted by Gasteiger charge is 2.14. The van der Waals surface area contributed by atoms with Gasteiger partial charge in [0.05, 0.1) is 12.8 Å². The number of rotatable bonds is 8. The van der Waals surface area contributed by atoms with Gasteiger partial charge in [-0.2, -0.15) is 0 Å². The highest BCUT2D eigenvalue weighted by Crippen LogP contribution is 2.24. The Hall–Kier alpha value is -2.34. The Labute approximate surface area is 142 Å². The molecule has 0 unspecified atom stereocenters. The quantitative estimate of drug-likeness (QED) is 0.724. The Bertz CT molecular complexity index is 641. The molecule has 2 amide bonds. The maximum Gasteiger partial charge on any atom is 0.321 e. The third kappa shape index (κ3) is 4.83. The molecule has 0 saturated carbocycles. The first-order chi connectivity index (χ1) is 11.7. The standard InChI is InChI=1S/C18H25N3O3/c1-3-4-5-9-21(10-11-22)18(23)20-16-13-15(7-6-14(16)2)17-19-8-12-24-17/h6-8,12-13,22H,3-5,9-11H2,1-2H3,(H,20,23). The SMILES string of the molecule is CCCCCN(CCO)C(=O)Nc1cc(-c2ncco2)ccc1C. The number of nitrogens with zero attached hydrogens (tertiary/aromatic N) is 2. The van der Waals surface area contributed by atoms with Gasteiger partial charge in [0.1, 0.15) is 6.26 Å². The molecule has 0 aliphatic carbocycles. The Morgan fingerprint density at radius 2 is 2.17 bits per heavy atom. The number of amides is 2. The minimum absolute atomic E-state index is 0.0467. The van der Waals surface area contributed by atoms with Crippen molar-refractivity contribution in [3.05, 3.63) is 36.2 Å². The number of aliphatic hydroxyl groups excluding tert-OH is 1. The second-order valence-electron chi connectivity index (χ2n) is 5.71. The lowest BCUT2D eigenvalue weighted by Crippen LogP contribution is -2.37. The first-order valence-electron chi connectivity index (χ1n) is 8.33. The zero-order chi connectivity index (χ0) is 17.4. The molecule has 2 N–H and O–H groups in total. The van der Waals surface area contributed by atoms with Gasteiger partial charge in [-0.15, -0.1) is 0 Å². The predicted octanol–water partition coefficient (Wildman–Crippen LogP) is 3.67. The van der Waals surface area contributed by atoms with Crippen molar-refractivity contribution in [2.75, 3.05) is 25.0 Å². The molecule has 2 rings (SSSR count). The second-order valence-corrected chi connectivity index (χ2v) is 5.71. The smallest absolute Gasteiger partial charge is 0.321 e. The number of urea groups is 1. The van der Waals surface area contributed by atoms with Crippen LogP contribution in [0.1, 0.15) is 31.7 Å². The van der Waals surface area contributed by atoms with Gasteiger partial charge in [-0.3, -0.25) is 0 Å². The average molecular weight is 331 g/mol. The van der Waals surface area contributed by atoms with Crippen LogP contribution in [0.4, 0.5) is 10.5 Å². The van der Waals surface area contributed by atoms with Gasteiger partial charge in [0.15, 0.2) is 0 Å². The van der Waals surface area contributed by atoms with Crippen LogP contribution in [-0.2, 0) is 0 Å². The first kappa shape index (κ1) is 18.0. The Balaban J connectivity index is 2.10. The lowest BCUT2D eigenvalue weighted by Gasteiger charge is -2.23. The summed E-state index contributed by atoms with van der Waals surface area (Å²) in [6.07, 6.45) is 6.19. The van der Waals surface area contributed by atoms with E-state index in [-0.39, 0.29) is 12.6 Å². The normalized spacial score (nSPS) is 10.6. The summed E-state index contributed by atoms with van der Waals surface area (Å²) in [5.74, 6) is 0.514. The van der Waals surface area contributed by atoms with E-state index in [0.717, 1.165) is 30.4 Å². The summed E-state index contributed by atoms with van der Waals surface area (Å²) < 4.78 is 5.30. The van der Waals surface area contributed by atoms with Crippen LogP contribution in [0.3, 0.4) is 0 Å². The number of carbonyl (C=O) groups is 1. The lowest BCUT2D eigenvalue weighted by atomic mass is 10.1. The van der Waals surface area contributed by atoms with Crippen molar-refractivity contribution in [3.8, 4) is 11.5 Å². The van der Waals surface area contributed by atoms with Crippen LogP contribution < -0.4 is 5.32 Å². The van der Waals surface area contributed by atoms with Crippen molar-refractivity contribution in [2.45, 2.75) is 33.1 Å². The van der Waals surface area contributed by atoms with Gasteiger partial charge in [-0.1, -0.05) is 25.8 Å². The average Bonchev–Trinajstić information content (AvgIpc) is 3.10. The fourth-order valence-electron chi connectivity index (χ4n) is 2.44. The molecule has 0 spiro atoms. The molecule has 24 heavy (non-hydrogen) atoms. The van der Waals surface area contributed by atoms with E-state index in [1.165, 1.54) is 6.26 Å². The van der Waals surface area contributed by atoms with Crippen molar-refractivity contribution in [1.29, 1.82) is 0 Å². The van der Waals surface area contributed by atoms with Gasteiger partial charge >= 0.3 is 6.03 Å². The molecule has 2 aromatic rings. The first-order valence-corrected chi connectivity index (χ1v) is 8.33. The Morgan fingerprint density at radius 1 is 1.33 bits per heavy atom. The van der Waals surface area contributed by atoms with Crippen molar-refractivity contribution >= 4 is 11.7 Å². The molecular formula is C18H25N3O3. The number of benzene rings is 1. The summed E-state index contributed by atoms with van der Waals surface area (Å²) in [6.45, 7) is 4.97. The van der Waals surface area contributed by atoms with E-state index in [0.29, 0.717) is 24.7 Å². The van der Waals surface area contributed by atoms with Crippen molar-refractivity contribution in [2.24, 2.45) is 0 Å². The van der Waals surface area contributed by atoms with E-state index in [1.54, 1.807) is 11.1 Å². The molecule has 0 fully saturated rings. The molecule has 1 aromatic heterocycles. The molecule has 1 aromatic carbocycles. The molecule has 130 valence electrons. The van der Waals surface area contributed by atoms with Crippen LogP contribution in [0.2, 0.25) is 0 Å². The van der Waals surface area contributed by atoms with E-state index in [2.05, 4.69) is 17.2 Å². The molecule has 0 radical (unpaired) electrons. The number of aliphatic hydroxyl groups is 1. The number of anilines is 1. The number of nitrogens with one attached hydrogen (secondary N) is 1. The fourth-order valence-corrected chi connectivity index (χ4v) is 2.44. The minimum Gasteiger partial charge on any atom is -0.445 e. The number of aromatic nitrogens is 1. The monoisotopic (exact) mass is 331 g/mol. The number of hydrogen-bond donors (Lipinski definition) is 2. The molecular weight excluding hydrogens is 306 g/mol. The maximum absolute atomic E-state index is 12.5. The molecule has 6 heteroatoms. The van der Waals surface area contributed by atoms with Crippen LogP contribution in [-0.4, -0.2) is 40.7 Å². The van der Waals surface area contributed by atoms with E-state index in [1.807, 2.05) is 25.1 Å². The zero-order valence-corrected chi connectivity index (χ0v) is 14.3. The van der Waals surface area contributed by atoms with Gasteiger partial charge in [-0.05, 0) is 31.0 Å². The fraction of sp³-hybridized carbons (Fsp3) is 0.444. The van der Waals surface area contributed by atoms with Crippen LogP contribution >= 0.6 is 0 Å². The summed E-state index contributed by atoms with van der Waals surface area (Å²) in [6, 6.07) is 5.47. The largest absolute Gasteiger partial charge is 0.445 e. The molecule has 0 aliphatic heterocycles. The van der Waals surface area contributed by atoms with Gasteiger partial charge in [-0.25, -0.2) is 9.78 Å². The highest BCUT2D eigenvalue weighted by molar-refractivity contribution is 5.91. The number of oxazole rings is 1. The third-order valence-corrected chi connectivity index (χ3v) is 3.85. The lowest BCUT2D eigenvalue weighted by molar-refractivity contribution is 0.187. The van der Waals surface area contributed by atoms with Crippen molar-refractivity contribution in [1.82, 2.24) is 9.88 Å².